The van der Waals surface area contributed by atoms with E-state index in [4.69, 9.17) is 0 Å². The first-order valence-electron chi connectivity index (χ1n) is 8.17. The van der Waals surface area contributed by atoms with Crippen LogP contribution >= 0.6 is 24.0 Å². The van der Waals surface area contributed by atoms with E-state index in [9.17, 15) is 0 Å². The average molecular weight is 449 g/mol. The van der Waals surface area contributed by atoms with E-state index in [2.05, 4.69) is 58.0 Å². The van der Waals surface area contributed by atoms with E-state index < -0.39 is 0 Å². The minimum Gasteiger partial charge on any atom is -0.356 e. The number of nitrogens with zero attached hydrogens (tertiary/aromatic N) is 3. The number of guanidine groups is 1. The number of hydrogen-bond donors (Lipinski definition) is 2. The van der Waals surface area contributed by atoms with Gasteiger partial charge in [0, 0.05) is 39.0 Å². The SMILES string of the molecule is CN=C(NCCc1cn2ccccc2n1)NCc1ccc(C)cc1.I. The van der Waals surface area contributed by atoms with Crippen molar-refractivity contribution >= 4 is 35.6 Å². The normalized spacial score (nSPS) is 11.2. The number of halogens is 1. The summed E-state index contributed by atoms with van der Waals surface area (Å²) >= 11 is 0. The zero-order chi connectivity index (χ0) is 16.8. The third-order valence-corrected chi connectivity index (χ3v) is 3.89. The topological polar surface area (TPSA) is 53.7 Å². The molecule has 0 bridgehead atoms. The van der Waals surface area contributed by atoms with Crippen molar-refractivity contribution in [2.45, 2.75) is 19.9 Å². The predicted molar refractivity (Wildman–Crippen MR) is 114 cm³/mol. The van der Waals surface area contributed by atoms with Gasteiger partial charge in [-0.15, -0.1) is 24.0 Å². The van der Waals surface area contributed by atoms with Crippen molar-refractivity contribution in [1.29, 1.82) is 0 Å². The molecule has 132 valence electrons. The molecule has 3 aromatic rings. The van der Waals surface area contributed by atoms with Crippen molar-refractivity contribution in [2.24, 2.45) is 4.99 Å². The van der Waals surface area contributed by atoms with E-state index in [1.165, 1.54) is 11.1 Å². The maximum absolute atomic E-state index is 4.60. The lowest BCUT2D eigenvalue weighted by atomic mass is 10.1. The second-order valence-corrected chi connectivity index (χ2v) is 5.79. The molecule has 6 heteroatoms. The van der Waals surface area contributed by atoms with Crippen LogP contribution in [0, 0.1) is 6.92 Å². The van der Waals surface area contributed by atoms with E-state index in [-0.39, 0.29) is 24.0 Å². The monoisotopic (exact) mass is 449 g/mol. The van der Waals surface area contributed by atoms with Gasteiger partial charge >= 0.3 is 0 Å². The number of fused-ring (bicyclic) bond motifs is 1. The molecule has 25 heavy (non-hydrogen) atoms. The summed E-state index contributed by atoms with van der Waals surface area (Å²) in [6, 6.07) is 14.5. The molecule has 0 unspecified atom stereocenters. The van der Waals surface area contributed by atoms with Crippen LogP contribution in [0.15, 0.2) is 59.9 Å². The average Bonchev–Trinajstić information content (AvgIpc) is 3.02. The van der Waals surface area contributed by atoms with Crippen molar-refractivity contribution in [2.75, 3.05) is 13.6 Å². The molecule has 0 aliphatic rings. The van der Waals surface area contributed by atoms with Gasteiger partial charge in [0.25, 0.3) is 0 Å². The molecular weight excluding hydrogens is 425 g/mol. The highest BCUT2D eigenvalue weighted by Gasteiger charge is 2.02. The van der Waals surface area contributed by atoms with Crippen LogP contribution in [0.2, 0.25) is 0 Å². The summed E-state index contributed by atoms with van der Waals surface area (Å²) in [4.78, 5) is 8.86. The molecule has 3 rings (SSSR count). The Bertz CT molecular complexity index is 790. The van der Waals surface area contributed by atoms with E-state index in [0.717, 1.165) is 36.8 Å². The van der Waals surface area contributed by atoms with Crippen LogP contribution in [-0.4, -0.2) is 28.9 Å². The largest absolute Gasteiger partial charge is 0.356 e. The highest BCUT2D eigenvalue weighted by Crippen LogP contribution is 2.05. The number of aliphatic imine (C=N–C) groups is 1. The minimum atomic E-state index is 0. The van der Waals surface area contributed by atoms with Crippen molar-refractivity contribution < 1.29 is 0 Å². The molecule has 2 N–H and O–H groups in total. The van der Waals surface area contributed by atoms with Crippen LogP contribution in [-0.2, 0) is 13.0 Å². The molecule has 0 atom stereocenters. The quantitative estimate of drug-likeness (QED) is 0.358. The maximum atomic E-state index is 4.60. The van der Waals surface area contributed by atoms with E-state index >= 15 is 0 Å². The Balaban J connectivity index is 0.00000225. The Morgan fingerprint density at radius 3 is 2.64 bits per heavy atom. The number of rotatable bonds is 5. The summed E-state index contributed by atoms with van der Waals surface area (Å²) in [5, 5.41) is 6.66. The first-order valence-corrected chi connectivity index (χ1v) is 8.17. The Morgan fingerprint density at radius 2 is 1.92 bits per heavy atom. The number of aryl methyl sites for hydroxylation is 1. The third-order valence-electron chi connectivity index (χ3n) is 3.89. The van der Waals surface area contributed by atoms with Gasteiger partial charge in [0.15, 0.2) is 5.96 Å². The molecule has 0 spiro atoms. The molecule has 0 aliphatic carbocycles. The lowest BCUT2D eigenvalue weighted by Crippen LogP contribution is -2.37. The summed E-state index contributed by atoms with van der Waals surface area (Å²) < 4.78 is 2.04. The number of nitrogens with one attached hydrogen (secondary N) is 2. The van der Waals surface area contributed by atoms with E-state index in [1.54, 1.807) is 7.05 Å². The first-order chi connectivity index (χ1) is 11.7. The smallest absolute Gasteiger partial charge is 0.191 e. The van der Waals surface area contributed by atoms with Crippen LogP contribution in [0.5, 0.6) is 0 Å². The minimum absolute atomic E-state index is 0. The third kappa shape index (κ3) is 5.45. The van der Waals surface area contributed by atoms with Gasteiger partial charge in [-0.25, -0.2) is 4.98 Å². The van der Waals surface area contributed by atoms with Crippen molar-refractivity contribution in [3.8, 4) is 0 Å². The van der Waals surface area contributed by atoms with Gasteiger partial charge in [-0.3, -0.25) is 4.99 Å². The molecule has 0 radical (unpaired) electrons. The van der Waals surface area contributed by atoms with Gasteiger partial charge < -0.3 is 15.0 Å². The second-order valence-electron chi connectivity index (χ2n) is 5.79. The fraction of sp³-hybridized carbons (Fsp3) is 0.263. The Morgan fingerprint density at radius 1 is 1.12 bits per heavy atom. The number of hydrogen-bond acceptors (Lipinski definition) is 2. The van der Waals surface area contributed by atoms with Crippen molar-refractivity contribution in [3.63, 3.8) is 0 Å². The molecule has 0 fully saturated rings. The molecular formula is C19H24IN5. The second kappa shape index (κ2) is 9.41. The Labute approximate surface area is 165 Å². The lowest BCUT2D eigenvalue weighted by molar-refractivity contribution is 0.787. The van der Waals surface area contributed by atoms with Gasteiger partial charge in [0.2, 0.25) is 0 Å². The van der Waals surface area contributed by atoms with Crippen LogP contribution in [0.4, 0.5) is 0 Å². The summed E-state index contributed by atoms with van der Waals surface area (Å²) in [5.74, 6) is 0.805. The Hall–Kier alpha value is -2.09. The number of aromatic nitrogens is 2. The van der Waals surface area contributed by atoms with Crippen LogP contribution in [0.3, 0.4) is 0 Å². The number of benzene rings is 1. The van der Waals surface area contributed by atoms with Crippen molar-refractivity contribution in [1.82, 2.24) is 20.0 Å². The molecule has 0 amide bonds. The summed E-state index contributed by atoms with van der Waals surface area (Å²) in [7, 11) is 1.79. The summed E-state index contributed by atoms with van der Waals surface area (Å²) in [6.45, 7) is 3.64. The fourth-order valence-corrected chi connectivity index (χ4v) is 2.53. The van der Waals surface area contributed by atoms with Gasteiger partial charge in [0.05, 0.1) is 5.69 Å². The molecule has 2 aromatic heterocycles. The fourth-order valence-electron chi connectivity index (χ4n) is 2.53. The first kappa shape index (κ1) is 19.2. The maximum Gasteiger partial charge on any atom is 0.191 e. The summed E-state index contributed by atoms with van der Waals surface area (Å²) in [5.41, 5.74) is 4.56. The van der Waals surface area contributed by atoms with Gasteiger partial charge in [-0.2, -0.15) is 0 Å². The number of pyridine rings is 1. The van der Waals surface area contributed by atoms with E-state index in [0.29, 0.717) is 0 Å². The highest BCUT2D eigenvalue weighted by molar-refractivity contribution is 14.0. The predicted octanol–water partition coefficient (Wildman–Crippen LogP) is 3.17. The molecule has 5 nitrogen and oxygen atoms in total. The standard InChI is InChI=1S/C19H23N5.HI/c1-15-6-8-16(9-7-15)13-22-19(20-2)21-11-10-17-14-24-12-4-3-5-18(24)23-17;/h3-9,12,14H,10-11,13H2,1-2H3,(H2,20,21,22);1H. The van der Waals surface area contributed by atoms with Crippen LogP contribution < -0.4 is 10.6 Å². The lowest BCUT2D eigenvalue weighted by Gasteiger charge is -2.11. The zero-order valence-electron chi connectivity index (χ0n) is 14.6. The van der Waals surface area contributed by atoms with Crippen molar-refractivity contribution in [3.05, 3.63) is 71.7 Å². The van der Waals surface area contributed by atoms with E-state index in [1.807, 2.05) is 28.8 Å². The molecule has 2 heterocycles. The summed E-state index contributed by atoms with van der Waals surface area (Å²) in [6.07, 6.45) is 4.94. The molecule has 1 aromatic carbocycles. The van der Waals surface area contributed by atoms with Crippen LogP contribution in [0.25, 0.3) is 5.65 Å². The number of imidazole rings is 1. The van der Waals surface area contributed by atoms with Gasteiger partial charge in [-0.05, 0) is 24.6 Å². The zero-order valence-corrected chi connectivity index (χ0v) is 16.9. The van der Waals surface area contributed by atoms with Gasteiger partial charge in [0.1, 0.15) is 5.65 Å². The molecule has 0 saturated heterocycles. The van der Waals surface area contributed by atoms with Gasteiger partial charge in [-0.1, -0.05) is 35.9 Å². The Kier molecular flexibility index (Phi) is 7.24. The molecule has 0 saturated carbocycles. The molecule has 0 aliphatic heterocycles. The van der Waals surface area contributed by atoms with Crippen LogP contribution in [0.1, 0.15) is 16.8 Å². The highest BCUT2D eigenvalue weighted by atomic mass is 127.